The largest absolute Gasteiger partial charge is 0.263 e. The topological polar surface area (TPSA) is 73.4 Å². The summed E-state index contributed by atoms with van der Waals surface area (Å²) in [6.45, 7) is 0. The van der Waals surface area contributed by atoms with Crippen molar-refractivity contribution in [2.45, 2.75) is 5.41 Å². The van der Waals surface area contributed by atoms with Crippen molar-refractivity contribution in [3.63, 3.8) is 0 Å². The van der Waals surface area contributed by atoms with E-state index in [0.29, 0.717) is 11.1 Å². The Kier molecular flexibility index (Phi) is 6.80. The Morgan fingerprint density at radius 1 is 0.340 bits per heavy atom. The average Bonchev–Trinajstić information content (AvgIpc) is 3.70. The number of aromatic nitrogens is 2. The van der Waals surface area contributed by atoms with Gasteiger partial charge in [-0.05, 0) is 102 Å². The molecule has 0 unspecified atom stereocenters. The minimum absolute atomic E-state index is 0.430. The molecule has 0 radical (unpaired) electrons. The lowest BCUT2D eigenvalue weighted by Crippen LogP contribution is -2.25. The molecule has 0 saturated heterocycles. The molecule has 53 heavy (non-hydrogen) atoms. The van der Waals surface area contributed by atoms with E-state index < -0.39 is 5.41 Å². The lowest BCUT2D eigenvalue weighted by Gasteiger charge is -2.30. The van der Waals surface area contributed by atoms with E-state index >= 15 is 0 Å². The second-order valence-electron chi connectivity index (χ2n) is 13.7. The highest BCUT2D eigenvalue weighted by molar-refractivity contribution is 5.97. The third kappa shape index (κ3) is 4.60. The van der Waals surface area contributed by atoms with Crippen molar-refractivity contribution in [3.05, 3.63) is 204 Å². The Bertz CT molecular complexity index is 2660. The molecule has 4 heteroatoms. The third-order valence-corrected chi connectivity index (χ3v) is 10.9. The fourth-order valence-corrected chi connectivity index (χ4v) is 8.54. The van der Waals surface area contributed by atoms with Crippen molar-refractivity contribution in [2.24, 2.45) is 0 Å². The zero-order valence-electron chi connectivity index (χ0n) is 28.5. The molecule has 0 aliphatic heterocycles. The van der Waals surface area contributed by atoms with Crippen LogP contribution in [0.1, 0.15) is 33.4 Å². The normalized spacial score (nSPS) is 12.6. The molecule has 10 rings (SSSR count). The maximum Gasteiger partial charge on any atom is 0.101 e. The van der Waals surface area contributed by atoms with E-state index in [0.717, 1.165) is 44.5 Å². The monoisotopic (exact) mass is 672 g/mol. The van der Waals surface area contributed by atoms with Gasteiger partial charge in [0, 0.05) is 35.9 Å². The molecule has 244 valence electrons. The van der Waals surface area contributed by atoms with Crippen LogP contribution in [-0.4, -0.2) is 9.97 Å². The fraction of sp³-hybridized carbons (Fsp3) is 0.0204. The van der Waals surface area contributed by atoms with E-state index in [1.165, 1.54) is 44.5 Å². The van der Waals surface area contributed by atoms with Crippen molar-refractivity contribution in [1.82, 2.24) is 9.97 Å². The molecule has 2 aliphatic rings. The maximum absolute atomic E-state index is 9.38. The van der Waals surface area contributed by atoms with Crippen LogP contribution in [0.2, 0.25) is 0 Å². The molecule has 4 nitrogen and oxygen atoms in total. The first-order valence-corrected chi connectivity index (χ1v) is 17.6. The Morgan fingerprint density at radius 2 is 0.698 bits per heavy atom. The quantitative estimate of drug-likeness (QED) is 0.186. The first-order chi connectivity index (χ1) is 26.1. The van der Waals surface area contributed by atoms with E-state index in [-0.39, 0.29) is 0 Å². The smallest absolute Gasteiger partial charge is 0.101 e. The summed E-state index contributed by atoms with van der Waals surface area (Å²) < 4.78 is 0. The van der Waals surface area contributed by atoms with Crippen LogP contribution in [0, 0.1) is 22.7 Å². The lowest BCUT2D eigenvalue weighted by atomic mass is 9.70. The zero-order valence-corrected chi connectivity index (χ0v) is 28.5. The highest BCUT2D eigenvalue weighted by atomic mass is 14.6. The van der Waals surface area contributed by atoms with Crippen LogP contribution in [0.15, 0.2) is 170 Å². The van der Waals surface area contributed by atoms with Crippen LogP contribution in [0.4, 0.5) is 0 Å². The maximum atomic E-state index is 9.38. The molecule has 0 bridgehead atoms. The molecule has 0 N–H and O–H groups in total. The summed E-state index contributed by atoms with van der Waals surface area (Å²) in [7, 11) is 0. The number of nitrogens with zero attached hydrogens (tertiary/aromatic N) is 4. The van der Waals surface area contributed by atoms with Crippen molar-refractivity contribution in [2.75, 3.05) is 0 Å². The van der Waals surface area contributed by atoms with E-state index in [2.05, 4.69) is 156 Å². The molecule has 2 aromatic heterocycles. The van der Waals surface area contributed by atoms with E-state index in [1.54, 1.807) is 24.8 Å². The van der Waals surface area contributed by atoms with Crippen molar-refractivity contribution in [1.29, 1.82) is 10.5 Å². The van der Waals surface area contributed by atoms with Gasteiger partial charge in [0.1, 0.15) is 12.1 Å². The SMILES string of the molecule is N#Cc1cncc(-c2ccc(-c3ccc4c(c3)-c3cc(-c5ccc(-c6cncc(C#N)c6)cc5)ccc3C43c4ccccc4-c4ccccc43)cc2)c1. The van der Waals surface area contributed by atoms with Crippen LogP contribution >= 0.6 is 0 Å². The van der Waals surface area contributed by atoms with Gasteiger partial charge in [-0.25, -0.2) is 0 Å². The average molecular weight is 673 g/mol. The molecule has 0 saturated carbocycles. The predicted octanol–water partition coefficient (Wildman–Crippen LogP) is 11.2. The van der Waals surface area contributed by atoms with E-state index in [4.69, 9.17) is 0 Å². The number of rotatable bonds is 4. The van der Waals surface area contributed by atoms with Crippen LogP contribution in [0.3, 0.4) is 0 Å². The third-order valence-electron chi connectivity index (χ3n) is 10.9. The van der Waals surface area contributed by atoms with Gasteiger partial charge in [-0.1, -0.05) is 121 Å². The van der Waals surface area contributed by atoms with Gasteiger partial charge in [-0.3, -0.25) is 9.97 Å². The molecule has 8 aromatic rings. The Labute approximate surface area is 307 Å². The lowest BCUT2D eigenvalue weighted by molar-refractivity contribution is 0.794. The first kappa shape index (κ1) is 30.4. The number of nitriles is 2. The van der Waals surface area contributed by atoms with Gasteiger partial charge in [0.2, 0.25) is 0 Å². The van der Waals surface area contributed by atoms with Crippen LogP contribution < -0.4 is 0 Å². The van der Waals surface area contributed by atoms with Gasteiger partial charge in [0.15, 0.2) is 0 Å². The van der Waals surface area contributed by atoms with Crippen molar-refractivity contribution >= 4 is 0 Å². The second kappa shape index (κ2) is 11.8. The predicted molar refractivity (Wildman–Crippen MR) is 210 cm³/mol. The summed E-state index contributed by atoms with van der Waals surface area (Å²) in [6.07, 6.45) is 6.77. The number of hydrogen-bond donors (Lipinski definition) is 0. The molecule has 2 aliphatic carbocycles. The molecule has 1 spiro atoms. The zero-order chi connectivity index (χ0) is 35.5. The van der Waals surface area contributed by atoms with Gasteiger partial charge in [-0.2, -0.15) is 10.5 Å². The van der Waals surface area contributed by atoms with E-state index in [1.807, 2.05) is 12.1 Å². The molecule has 6 aromatic carbocycles. The van der Waals surface area contributed by atoms with Gasteiger partial charge in [0.25, 0.3) is 0 Å². The number of benzene rings is 6. The number of pyridine rings is 2. The highest BCUT2D eigenvalue weighted by Gasteiger charge is 2.51. The fourth-order valence-electron chi connectivity index (χ4n) is 8.54. The molecular weight excluding hydrogens is 645 g/mol. The molecule has 0 fully saturated rings. The number of fused-ring (bicyclic) bond motifs is 10. The molecular formula is C49H28N4. The summed E-state index contributed by atoms with van der Waals surface area (Å²) in [6, 6.07) is 56.9. The van der Waals surface area contributed by atoms with Gasteiger partial charge >= 0.3 is 0 Å². The van der Waals surface area contributed by atoms with Crippen molar-refractivity contribution < 1.29 is 0 Å². The minimum Gasteiger partial charge on any atom is -0.263 e. The number of hydrogen-bond acceptors (Lipinski definition) is 4. The summed E-state index contributed by atoms with van der Waals surface area (Å²) in [4.78, 5) is 8.52. The van der Waals surface area contributed by atoms with E-state index in [9.17, 15) is 10.5 Å². The minimum atomic E-state index is -0.430. The van der Waals surface area contributed by atoms with Crippen LogP contribution in [0.25, 0.3) is 66.8 Å². The Hall–Kier alpha value is -7.40. The summed E-state index contributed by atoms with van der Waals surface area (Å²) in [5, 5.41) is 18.8. The molecule has 2 heterocycles. The summed E-state index contributed by atoms with van der Waals surface area (Å²) in [5.74, 6) is 0. The second-order valence-corrected chi connectivity index (χ2v) is 13.7. The first-order valence-electron chi connectivity index (χ1n) is 17.6. The van der Waals surface area contributed by atoms with Crippen LogP contribution in [-0.2, 0) is 5.41 Å². The Balaban J connectivity index is 1.13. The molecule has 0 atom stereocenters. The van der Waals surface area contributed by atoms with Gasteiger partial charge in [-0.15, -0.1) is 0 Å². The van der Waals surface area contributed by atoms with Crippen molar-refractivity contribution in [3.8, 4) is 78.9 Å². The standard InChI is InChI=1S/C49H28N4/c50-25-31-21-39(29-52-27-31)35-13-9-33(10-14-35)37-17-19-47-43(23-37)44-24-38(34-11-15-36(16-12-34)40-22-32(26-51)28-53-30-40)18-20-48(44)49(47)45-7-3-1-5-41(45)42-6-2-4-8-46(42)49/h1-24,27-30H. The Morgan fingerprint density at radius 3 is 1.11 bits per heavy atom. The van der Waals surface area contributed by atoms with Gasteiger partial charge in [0.05, 0.1) is 16.5 Å². The molecule has 0 amide bonds. The van der Waals surface area contributed by atoms with Crippen LogP contribution in [0.5, 0.6) is 0 Å². The summed E-state index contributed by atoms with van der Waals surface area (Å²) >= 11 is 0. The van der Waals surface area contributed by atoms with Gasteiger partial charge < -0.3 is 0 Å². The summed E-state index contributed by atoms with van der Waals surface area (Å²) in [5.41, 5.74) is 19.3. The highest BCUT2D eigenvalue weighted by Crippen LogP contribution is 2.63.